The maximum absolute atomic E-state index is 12.2. The van der Waals surface area contributed by atoms with Crippen LogP contribution < -0.4 is 5.73 Å². The van der Waals surface area contributed by atoms with E-state index in [1.165, 1.54) is 22.3 Å². The van der Waals surface area contributed by atoms with Crippen molar-refractivity contribution in [3.63, 3.8) is 0 Å². The molecule has 11 nitrogen and oxygen atoms in total. The van der Waals surface area contributed by atoms with Gasteiger partial charge in [-0.05, 0) is 181 Å². The Morgan fingerprint density at radius 1 is 0.644 bits per heavy atom. The molecule has 2 fully saturated rings. The van der Waals surface area contributed by atoms with Crippen molar-refractivity contribution >= 4 is 33.8 Å². The second-order valence-corrected chi connectivity index (χ2v) is 18.7. The van der Waals surface area contributed by atoms with Crippen molar-refractivity contribution in [2.75, 3.05) is 31.9 Å². The molecule has 320 valence electrons. The molecule has 4 aromatic heterocycles. The van der Waals surface area contributed by atoms with E-state index in [0.29, 0.717) is 11.8 Å². The maximum Gasteiger partial charge on any atom is 0.410 e. The molecule has 0 radical (unpaired) electrons. The molecule has 0 aromatic carbocycles. The summed E-state index contributed by atoms with van der Waals surface area (Å²) in [5, 5.41) is 0. The quantitative estimate of drug-likeness (QED) is 0.183. The summed E-state index contributed by atoms with van der Waals surface area (Å²) in [5.41, 5.74) is 12.3. The summed E-state index contributed by atoms with van der Waals surface area (Å²) < 4.78 is 11.9. The number of nitrogen functional groups attached to an aromatic ring is 1. The number of nitrogens with two attached hydrogens (primary N) is 1. The van der Waals surface area contributed by atoms with Crippen molar-refractivity contribution in [2.45, 2.75) is 124 Å². The van der Waals surface area contributed by atoms with Gasteiger partial charge in [0.2, 0.25) is 0 Å². The van der Waals surface area contributed by atoms with Gasteiger partial charge >= 0.3 is 12.2 Å². The average Bonchev–Trinajstić information content (AvgIpc) is 3.18. The summed E-state index contributed by atoms with van der Waals surface area (Å²) >= 11 is 3.46. The van der Waals surface area contributed by atoms with Crippen molar-refractivity contribution < 1.29 is 19.1 Å². The van der Waals surface area contributed by atoms with Crippen molar-refractivity contribution in [3.8, 4) is 0 Å². The van der Waals surface area contributed by atoms with Crippen LogP contribution in [0.3, 0.4) is 0 Å². The molecule has 0 spiro atoms. The van der Waals surface area contributed by atoms with Gasteiger partial charge in [0, 0.05) is 79.4 Å². The lowest BCUT2D eigenvalue weighted by atomic mass is 9.90. The van der Waals surface area contributed by atoms with E-state index in [-0.39, 0.29) is 12.2 Å². The summed E-state index contributed by atoms with van der Waals surface area (Å²) in [6, 6.07) is 12.3. The molecule has 2 aliphatic rings. The molecule has 2 aliphatic heterocycles. The zero-order valence-corrected chi connectivity index (χ0v) is 38.1. The molecule has 6 rings (SSSR count). The Hall–Kier alpha value is -4.58. The number of amides is 2. The fraction of sp³-hybridized carbons (Fsp3) is 0.532. The Morgan fingerprint density at radius 2 is 1.10 bits per heavy atom. The van der Waals surface area contributed by atoms with Crippen LogP contribution in [0, 0.1) is 25.7 Å². The third kappa shape index (κ3) is 18.5. The number of anilines is 1. The molecule has 4 aromatic rings. The molecule has 0 aliphatic carbocycles. The van der Waals surface area contributed by atoms with Crippen LogP contribution in [0.15, 0.2) is 78.1 Å². The molecular formula is C47H66BrN7O4. The normalized spacial score (nSPS) is 15.0. The second kappa shape index (κ2) is 22.7. The van der Waals surface area contributed by atoms with Crippen molar-refractivity contribution in [3.05, 3.63) is 112 Å². The summed E-state index contributed by atoms with van der Waals surface area (Å²) in [5.74, 6) is 1.33. The number of hydrogen-bond donors (Lipinski definition) is 1. The largest absolute Gasteiger partial charge is 0.444 e. The highest BCUT2D eigenvalue weighted by atomic mass is 79.9. The van der Waals surface area contributed by atoms with Gasteiger partial charge in [0.25, 0.3) is 0 Å². The van der Waals surface area contributed by atoms with Gasteiger partial charge in [-0.2, -0.15) is 0 Å². The van der Waals surface area contributed by atoms with Gasteiger partial charge in [-0.1, -0.05) is 12.1 Å². The minimum atomic E-state index is -0.430. The first-order valence-corrected chi connectivity index (χ1v) is 21.8. The van der Waals surface area contributed by atoms with Crippen LogP contribution in [-0.4, -0.2) is 79.3 Å². The summed E-state index contributed by atoms with van der Waals surface area (Å²) in [4.78, 5) is 44.9. The molecular weight excluding hydrogens is 806 g/mol. The Balaban J connectivity index is 0.000000225. The molecule has 6 heterocycles. The van der Waals surface area contributed by atoms with E-state index in [1.807, 2.05) is 108 Å². The van der Waals surface area contributed by atoms with Crippen molar-refractivity contribution in [1.82, 2.24) is 29.7 Å². The van der Waals surface area contributed by atoms with Gasteiger partial charge in [0.05, 0.1) is 11.9 Å². The SMILES string of the molecule is CC(C)(C)OC(=O)N1CCC(CCc2cncc(Br)c2)CC1.Cc1ccc(Cc2cncc(CCC3CCN(C(=O)OC(C)(C)C)CC3)c2)cn1.Cc1ccc(N)cn1. The van der Waals surface area contributed by atoms with Crippen LogP contribution in [0.4, 0.5) is 15.3 Å². The maximum atomic E-state index is 12.2. The fourth-order valence-electron chi connectivity index (χ4n) is 6.89. The van der Waals surface area contributed by atoms with Crippen molar-refractivity contribution in [2.24, 2.45) is 11.8 Å². The lowest BCUT2D eigenvalue weighted by molar-refractivity contribution is 0.0171. The number of carbonyl (C=O) groups excluding carboxylic acids is 2. The number of likely N-dealkylation sites (tertiary alicyclic amines) is 2. The molecule has 2 saturated heterocycles. The minimum absolute atomic E-state index is 0.179. The van der Waals surface area contributed by atoms with Crippen LogP contribution in [0.25, 0.3) is 0 Å². The number of halogens is 1. The number of pyridine rings is 4. The van der Waals surface area contributed by atoms with Gasteiger partial charge in [0.1, 0.15) is 11.2 Å². The minimum Gasteiger partial charge on any atom is -0.444 e. The Bertz CT molecular complexity index is 1860. The molecule has 12 heteroatoms. The average molecular weight is 873 g/mol. The smallest absolute Gasteiger partial charge is 0.410 e. The fourth-order valence-corrected chi connectivity index (χ4v) is 7.30. The van der Waals surface area contributed by atoms with Gasteiger partial charge in [-0.25, -0.2) is 9.59 Å². The third-order valence-corrected chi connectivity index (χ3v) is 10.6. The monoisotopic (exact) mass is 871 g/mol. The summed E-state index contributed by atoms with van der Waals surface area (Å²) in [7, 11) is 0. The molecule has 0 unspecified atom stereocenters. The van der Waals surface area contributed by atoms with Gasteiger partial charge in [-0.3, -0.25) is 19.9 Å². The van der Waals surface area contributed by atoms with Gasteiger partial charge in [-0.15, -0.1) is 0 Å². The predicted octanol–water partition coefficient (Wildman–Crippen LogP) is 10.4. The topological polar surface area (TPSA) is 137 Å². The number of nitrogens with zero attached hydrogens (tertiary/aromatic N) is 6. The first kappa shape index (κ1) is 47.1. The molecule has 0 bridgehead atoms. The zero-order valence-electron chi connectivity index (χ0n) is 36.5. The summed E-state index contributed by atoms with van der Waals surface area (Å²) in [6.45, 7) is 18.6. The molecule has 0 atom stereocenters. The van der Waals surface area contributed by atoms with Crippen molar-refractivity contribution in [1.29, 1.82) is 0 Å². The van der Waals surface area contributed by atoms with Crippen LogP contribution in [-0.2, 0) is 28.7 Å². The third-order valence-electron chi connectivity index (χ3n) is 10.1. The van der Waals surface area contributed by atoms with E-state index < -0.39 is 11.2 Å². The first-order valence-electron chi connectivity index (χ1n) is 21.0. The second-order valence-electron chi connectivity index (χ2n) is 17.8. The lowest BCUT2D eigenvalue weighted by Crippen LogP contribution is -2.41. The zero-order chi connectivity index (χ0) is 43.0. The molecule has 2 N–H and O–H groups in total. The number of carbonyl (C=O) groups is 2. The standard InChI is InChI=1S/C24H33N3O2.C17H25BrN2O2.C6H8N2/c1-18-5-6-21(17-26-18)14-22-13-20(15-25-16-22)8-7-19-9-11-27(12-10-19)23(28)29-24(2,3)4;1-17(2,3)22-16(21)20-8-6-13(7-9-20)4-5-14-10-15(18)12-19-11-14;1-5-2-3-6(7)4-8-5/h5-6,13,15-17,19H,7-12,14H2,1-4H3;10-13H,4-9H2,1-3H3;2-4H,7H2,1H3. The Labute approximate surface area is 361 Å². The highest BCUT2D eigenvalue weighted by Gasteiger charge is 2.28. The van der Waals surface area contributed by atoms with E-state index in [2.05, 4.69) is 60.1 Å². The number of aromatic nitrogens is 4. The lowest BCUT2D eigenvalue weighted by Gasteiger charge is -2.33. The van der Waals surface area contributed by atoms with Gasteiger partial charge in [0.15, 0.2) is 0 Å². The van der Waals surface area contributed by atoms with E-state index in [9.17, 15) is 9.59 Å². The van der Waals surface area contributed by atoms with E-state index >= 15 is 0 Å². The highest BCUT2D eigenvalue weighted by Crippen LogP contribution is 2.26. The predicted molar refractivity (Wildman–Crippen MR) is 239 cm³/mol. The van der Waals surface area contributed by atoms with Crippen LogP contribution in [0.5, 0.6) is 0 Å². The van der Waals surface area contributed by atoms with Gasteiger partial charge < -0.3 is 25.0 Å². The van der Waals surface area contributed by atoms with E-state index in [1.54, 1.807) is 6.20 Å². The molecule has 59 heavy (non-hydrogen) atoms. The number of piperidine rings is 2. The van der Waals surface area contributed by atoms with Crippen LogP contribution >= 0.6 is 15.9 Å². The van der Waals surface area contributed by atoms with Crippen LogP contribution in [0.2, 0.25) is 0 Å². The van der Waals surface area contributed by atoms with E-state index in [4.69, 9.17) is 15.2 Å². The molecule has 2 amide bonds. The van der Waals surface area contributed by atoms with Crippen LogP contribution in [0.1, 0.15) is 114 Å². The number of hydrogen-bond acceptors (Lipinski definition) is 9. The number of rotatable bonds is 8. The summed E-state index contributed by atoms with van der Waals surface area (Å²) in [6.07, 6.45) is 20.3. The number of ether oxygens (including phenoxy) is 2. The Kier molecular flexibility index (Phi) is 18.1. The number of aryl methyl sites for hydroxylation is 4. The Morgan fingerprint density at radius 3 is 1.53 bits per heavy atom. The first-order chi connectivity index (χ1) is 27.9. The highest BCUT2D eigenvalue weighted by molar-refractivity contribution is 9.10. The molecule has 0 saturated carbocycles. The van der Waals surface area contributed by atoms with E-state index in [0.717, 1.165) is 106 Å².